The summed E-state index contributed by atoms with van der Waals surface area (Å²) >= 11 is 0. The van der Waals surface area contributed by atoms with Crippen molar-refractivity contribution in [3.8, 4) is 11.4 Å². The van der Waals surface area contributed by atoms with Crippen molar-refractivity contribution in [1.82, 2.24) is 9.78 Å². The number of halogens is 2. The molecule has 0 atom stereocenters. The first-order chi connectivity index (χ1) is 11.6. The van der Waals surface area contributed by atoms with Gasteiger partial charge >= 0.3 is 0 Å². The predicted octanol–water partition coefficient (Wildman–Crippen LogP) is 5.06. The molecule has 1 fully saturated rings. The van der Waals surface area contributed by atoms with E-state index in [1.807, 2.05) is 12.1 Å². The zero-order valence-corrected chi connectivity index (χ0v) is 13.2. The van der Waals surface area contributed by atoms with Crippen LogP contribution in [0.15, 0.2) is 36.5 Å². The molecule has 2 aromatic carbocycles. The Balaban J connectivity index is 1.74. The van der Waals surface area contributed by atoms with Crippen molar-refractivity contribution in [2.75, 3.05) is 0 Å². The third kappa shape index (κ3) is 2.44. The number of aromatic nitrogens is 2. The van der Waals surface area contributed by atoms with E-state index in [0.717, 1.165) is 6.07 Å². The highest BCUT2D eigenvalue weighted by Crippen LogP contribution is 2.34. The molecule has 5 heteroatoms. The fourth-order valence-corrected chi connectivity index (χ4v) is 3.63. The average molecular weight is 328 g/mol. The van der Waals surface area contributed by atoms with Gasteiger partial charge in [0.15, 0.2) is 17.4 Å². The van der Waals surface area contributed by atoms with Crippen molar-refractivity contribution < 1.29 is 13.9 Å². The molecule has 0 unspecified atom stereocenters. The second-order valence-corrected chi connectivity index (χ2v) is 6.44. The van der Waals surface area contributed by atoms with Gasteiger partial charge in [-0.1, -0.05) is 31.4 Å². The molecule has 24 heavy (non-hydrogen) atoms. The Labute approximate surface area is 138 Å². The summed E-state index contributed by atoms with van der Waals surface area (Å²) in [6.07, 6.45) is 7.68. The van der Waals surface area contributed by atoms with Gasteiger partial charge in [0.1, 0.15) is 5.52 Å². The van der Waals surface area contributed by atoms with Crippen molar-refractivity contribution in [3.05, 3.63) is 53.7 Å². The van der Waals surface area contributed by atoms with Crippen LogP contribution >= 0.6 is 0 Å². The highest BCUT2D eigenvalue weighted by molar-refractivity contribution is 5.82. The van der Waals surface area contributed by atoms with Gasteiger partial charge in [-0.2, -0.15) is 5.10 Å². The minimum atomic E-state index is -0.987. The van der Waals surface area contributed by atoms with Crippen molar-refractivity contribution in [2.24, 2.45) is 0 Å². The van der Waals surface area contributed by atoms with Gasteiger partial charge in [0.05, 0.1) is 11.9 Å². The van der Waals surface area contributed by atoms with E-state index in [1.165, 1.54) is 48.5 Å². The molecule has 4 rings (SSSR count). The first kappa shape index (κ1) is 15.1. The first-order valence-electron chi connectivity index (χ1n) is 8.30. The molecule has 0 radical (unpaired) electrons. The summed E-state index contributed by atoms with van der Waals surface area (Å²) in [5.41, 5.74) is 2.07. The molecule has 1 heterocycles. The highest BCUT2D eigenvalue weighted by Gasteiger charge is 2.19. The van der Waals surface area contributed by atoms with Gasteiger partial charge in [-0.05, 0) is 42.5 Å². The van der Waals surface area contributed by atoms with E-state index in [0.29, 0.717) is 17.0 Å². The van der Waals surface area contributed by atoms with Crippen molar-refractivity contribution in [1.29, 1.82) is 0 Å². The molecule has 1 aliphatic carbocycles. The van der Waals surface area contributed by atoms with Crippen LogP contribution in [0.2, 0.25) is 0 Å². The third-order valence-electron chi connectivity index (χ3n) is 4.94. The first-order valence-corrected chi connectivity index (χ1v) is 8.30. The maximum Gasteiger partial charge on any atom is 0.194 e. The lowest BCUT2D eigenvalue weighted by Gasteiger charge is -2.22. The van der Waals surface area contributed by atoms with Gasteiger partial charge in [-0.15, -0.1) is 0 Å². The molecule has 0 aliphatic heterocycles. The zero-order chi connectivity index (χ0) is 16.7. The van der Waals surface area contributed by atoms with Crippen molar-refractivity contribution >= 4 is 10.9 Å². The van der Waals surface area contributed by atoms with E-state index < -0.39 is 17.4 Å². The smallest absolute Gasteiger partial charge is 0.194 e. The van der Waals surface area contributed by atoms with Gasteiger partial charge < -0.3 is 5.11 Å². The molecule has 3 nitrogen and oxygen atoms in total. The van der Waals surface area contributed by atoms with Gasteiger partial charge in [0.2, 0.25) is 0 Å². The van der Waals surface area contributed by atoms with Crippen molar-refractivity contribution in [2.45, 2.75) is 38.0 Å². The molecule has 0 amide bonds. The van der Waals surface area contributed by atoms with Crippen LogP contribution in [0.5, 0.6) is 5.75 Å². The summed E-state index contributed by atoms with van der Waals surface area (Å²) in [4.78, 5) is 0. The highest BCUT2D eigenvalue weighted by atomic mass is 19.1. The van der Waals surface area contributed by atoms with Crippen LogP contribution in [-0.4, -0.2) is 14.9 Å². The maximum absolute atomic E-state index is 14.3. The number of phenols is 1. The summed E-state index contributed by atoms with van der Waals surface area (Å²) in [5, 5.41) is 14.0. The Hall–Kier alpha value is -2.43. The van der Waals surface area contributed by atoms with Gasteiger partial charge in [-0.3, -0.25) is 0 Å². The number of nitrogens with zero attached hydrogens (tertiary/aromatic N) is 2. The minimum absolute atomic E-state index is 0.0827. The van der Waals surface area contributed by atoms with Gasteiger partial charge in [0, 0.05) is 5.39 Å². The molecular weight excluding hydrogens is 310 g/mol. The molecule has 1 aliphatic rings. The topological polar surface area (TPSA) is 38.1 Å². The normalized spacial score (nSPS) is 15.9. The molecule has 0 saturated heterocycles. The van der Waals surface area contributed by atoms with Crippen LogP contribution in [0.1, 0.15) is 43.6 Å². The molecule has 1 aromatic heterocycles. The molecule has 0 spiro atoms. The van der Waals surface area contributed by atoms with E-state index in [4.69, 9.17) is 0 Å². The van der Waals surface area contributed by atoms with Crippen molar-refractivity contribution in [3.63, 3.8) is 0 Å². The van der Waals surface area contributed by atoms with Crippen LogP contribution < -0.4 is 0 Å². The quantitative estimate of drug-likeness (QED) is 0.714. The van der Waals surface area contributed by atoms with E-state index in [1.54, 1.807) is 0 Å². The van der Waals surface area contributed by atoms with E-state index >= 15 is 0 Å². The molecule has 1 N–H and O–H groups in total. The van der Waals surface area contributed by atoms with E-state index in [-0.39, 0.29) is 5.52 Å². The number of hydrogen-bond acceptors (Lipinski definition) is 2. The molecule has 0 bridgehead atoms. The second-order valence-electron chi connectivity index (χ2n) is 6.44. The average Bonchev–Trinajstić information content (AvgIpc) is 3.04. The lowest BCUT2D eigenvalue weighted by atomic mass is 9.84. The largest absolute Gasteiger partial charge is 0.503 e. The predicted molar refractivity (Wildman–Crippen MR) is 88.5 cm³/mol. The van der Waals surface area contributed by atoms with Crippen LogP contribution in [0.3, 0.4) is 0 Å². The zero-order valence-electron chi connectivity index (χ0n) is 13.2. The Bertz CT molecular complexity index is 881. The molecular formula is C19H18F2N2O. The Morgan fingerprint density at radius 3 is 2.46 bits per heavy atom. The minimum Gasteiger partial charge on any atom is -0.503 e. The number of phenolic OH excluding ortho intramolecular Hbond substituents is 1. The summed E-state index contributed by atoms with van der Waals surface area (Å²) < 4.78 is 29.1. The Morgan fingerprint density at radius 1 is 1.04 bits per heavy atom. The standard InChI is InChI=1S/C19H18F2N2O/c20-16-10-14-11-22-23(18(14)17(21)19(16)24)15-8-6-13(7-9-15)12-4-2-1-3-5-12/h6-12,24H,1-5H2. The summed E-state index contributed by atoms with van der Waals surface area (Å²) in [7, 11) is 0. The lowest BCUT2D eigenvalue weighted by molar-refractivity contribution is 0.399. The maximum atomic E-state index is 14.3. The van der Waals surface area contributed by atoms with Gasteiger partial charge in [0.25, 0.3) is 0 Å². The Morgan fingerprint density at radius 2 is 1.75 bits per heavy atom. The van der Waals surface area contributed by atoms with E-state index in [9.17, 15) is 13.9 Å². The summed E-state index contributed by atoms with van der Waals surface area (Å²) in [5.74, 6) is -2.34. The monoisotopic (exact) mass is 328 g/mol. The number of hydrogen-bond donors (Lipinski definition) is 1. The van der Waals surface area contributed by atoms with E-state index in [2.05, 4.69) is 17.2 Å². The van der Waals surface area contributed by atoms with Gasteiger partial charge in [-0.25, -0.2) is 13.5 Å². The summed E-state index contributed by atoms with van der Waals surface area (Å²) in [6.45, 7) is 0. The third-order valence-corrected chi connectivity index (χ3v) is 4.94. The summed E-state index contributed by atoms with van der Waals surface area (Å²) in [6, 6.07) is 9.00. The molecule has 1 saturated carbocycles. The lowest BCUT2D eigenvalue weighted by Crippen LogP contribution is -2.05. The Kier molecular flexibility index (Phi) is 3.71. The number of rotatable bonds is 2. The number of benzene rings is 2. The molecule has 3 aromatic rings. The van der Waals surface area contributed by atoms with Crippen LogP contribution in [0.25, 0.3) is 16.6 Å². The van der Waals surface area contributed by atoms with Crippen LogP contribution in [0, 0.1) is 11.6 Å². The molecule has 124 valence electrons. The second kappa shape index (κ2) is 5.89. The number of aromatic hydroxyl groups is 1. The van der Waals surface area contributed by atoms with Crippen LogP contribution in [0.4, 0.5) is 8.78 Å². The number of fused-ring (bicyclic) bond motifs is 1. The fraction of sp³-hybridized carbons (Fsp3) is 0.316. The SMILES string of the molecule is Oc1c(F)cc2cnn(-c3ccc(C4CCCCC4)cc3)c2c1F. The fourth-order valence-electron chi connectivity index (χ4n) is 3.63. The van der Waals surface area contributed by atoms with Crippen LogP contribution in [-0.2, 0) is 0 Å².